The van der Waals surface area contributed by atoms with Crippen LogP contribution in [0.15, 0.2) is 24.5 Å². The number of nitrogens with zero attached hydrogens (tertiary/aromatic N) is 1. The maximum atomic E-state index is 6.28. The Kier molecular flexibility index (Phi) is 3.27. The van der Waals surface area contributed by atoms with Crippen LogP contribution in [-0.2, 0) is 4.74 Å². The number of rotatable bonds is 4. The van der Waals surface area contributed by atoms with Crippen molar-refractivity contribution in [3.63, 3.8) is 0 Å². The van der Waals surface area contributed by atoms with Crippen LogP contribution in [0.3, 0.4) is 0 Å². The van der Waals surface area contributed by atoms with Crippen LogP contribution in [0.2, 0.25) is 0 Å². The van der Waals surface area contributed by atoms with Gasteiger partial charge in [-0.05, 0) is 67.4 Å². The quantitative estimate of drug-likeness (QED) is 0.916. The number of ether oxygens (including phenoxy) is 1. The second kappa shape index (κ2) is 5.12. The summed E-state index contributed by atoms with van der Waals surface area (Å²) in [5.74, 6) is 3.63. The van der Waals surface area contributed by atoms with Gasteiger partial charge in [0.1, 0.15) is 0 Å². The highest BCUT2D eigenvalue weighted by molar-refractivity contribution is 5.13. The van der Waals surface area contributed by atoms with Crippen molar-refractivity contribution < 1.29 is 4.74 Å². The zero-order valence-electron chi connectivity index (χ0n) is 11.9. The molecule has 0 radical (unpaired) electrons. The molecule has 2 N–H and O–H groups in total. The van der Waals surface area contributed by atoms with Crippen molar-refractivity contribution in [1.82, 2.24) is 4.98 Å². The van der Waals surface area contributed by atoms with E-state index in [0.29, 0.717) is 12.7 Å². The van der Waals surface area contributed by atoms with Crippen LogP contribution in [0.1, 0.15) is 43.7 Å². The molecule has 4 bridgehead atoms. The SMILES string of the molecule is NC(COC1C2CC3CC(C2)CC1C3)c1cccnc1. The molecule has 0 aliphatic heterocycles. The fourth-order valence-corrected chi connectivity index (χ4v) is 5.05. The molecule has 0 spiro atoms. The highest BCUT2D eigenvalue weighted by Gasteiger charge is 2.48. The Morgan fingerprint density at radius 2 is 1.85 bits per heavy atom. The topological polar surface area (TPSA) is 48.1 Å². The second-order valence-corrected chi connectivity index (χ2v) is 7.12. The molecule has 0 amide bonds. The van der Waals surface area contributed by atoms with Gasteiger partial charge in [-0.15, -0.1) is 0 Å². The molecule has 4 saturated carbocycles. The van der Waals surface area contributed by atoms with Crippen LogP contribution < -0.4 is 5.73 Å². The van der Waals surface area contributed by atoms with E-state index >= 15 is 0 Å². The number of pyridine rings is 1. The Morgan fingerprint density at radius 3 is 2.45 bits per heavy atom. The van der Waals surface area contributed by atoms with Gasteiger partial charge in [0, 0.05) is 12.4 Å². The van der Waals surface area contributed by atoms with E-state index in [0.717, 1.165) is 29.2 Å². The number of hydrogen-bond acceptors (Lipinski definition) is 3. The van der Waals surface area contributed by atoms with E-state index in [-0.39, 0.29) is 6.04 Å². The van der Waals surface area contributed by atoms with E-state index in [1.165, 1.54) is 32.1 Å². The summed E-state index contributed by atoms with van der Waals surface area (Å²) in [6.07, 6.45) is 11.2. The van der Waals surface area contributed by atoms with Crippen molar-refractivity contribution in [1.29, 1.82) is 0 Å². The van der Waals surface area contributed by atoms with E-state index in [2.05, 4.69) is 4.98 Å². The first kappa shape index (κ1) is 12.8. The molecule has 20 heavy (non-hydrogen) atoms. The van der Waals surface area contributed by atoms with Crippen molar-refractivity contribution in [3.05, 3.63) is 30.1 Å². The van der Waals surface area contributed by atoms with Gasteiger partial charge < -0.3 is 10.5 Å². The lowest BCUT2D eigenvalue weighted by molar-refractivity contribution is -0.128. The first-order chi connectivity index (χ1) is 9.79. The van der Waals surface area contributed by atoms with Gasteiger partial charge in [-0.2, -0.15) is 0 Å². The molecule has 5 rings (SSSR count). The third kappa shape index (κ3) is 2.27. The molecule has 1 heterocycles. The molecule has 1 atom stereocenters. The Balaban J connectivity index is 1.38. The lowest BCUT2D eigenvalue weighted by Crippen LogP contribution is -2.49. The summed E-state index contributed by atoms with van der Waals surface area (Å²) in [5.41, 5.74) is 7.31. The molecular weight excluding hydrogens is 248 g/mol. The van der Waals surface area contributed by atoms with Gasteiger partial charge in [-0.25, -0.2) is 0 Å². The highest BCUT2D eigenvalue weighted by Crippen LogP contribution is 2.54. The van der Waals surface area contributed by atoms with Crippen molar-refractivity contribution in [2.24, 2.45) is 29.4 Å². The van der Waals surface area contributed by atoms with Gasteiger partial charge in [-0.1, -0.05) is 6.07 Å². The molecule has 0 aromatic carbocycles. The summed E-state index contributed by atoms with van der Waals surface area (Å²) >= 11 is 0. The Hall–Kier alpha value is -0.930. The first-order valence-electron chi connectivity index (χ1n) is 8.06. The largest absolute Gasteiger partial charge is 0.376 e. The first-order valence-corrected chi connectivity index (χ1v) is 8.06. The van der Waals surface area contributed by atoms with Crippen LogP contribution in [0.25, 0.3) is 0 Å². The molecule has 4 aliphatic rings. The minimum absolute atomic E-state index is 0.0408. The molecule has 1 aromatic rings. The lowest BCUT2D eigenvalue weighted by Gasteiger charge is -2.54. The fourth-order valence-electron chi connectivity index (χ4n) is 5.05. The Morgan fingerprint density at radius 1 is 1.15 bits per heavy atom. The van der Waals surface area contributed by atoms with Gasteiger partial charge in [0.2, 0.25) is 0 Å². The lowest BCUT2D eigenvalue weighted by atomic mass is 9.55. The van der Waals surface area contributed by atoms with Crippen molar-refractivity contribution in [3.8, 4) is 0 Å². The highest BCUT2D eigenvalue weighted by atomic mass is 16.5. The standard InChI is InChI=1S/C17H24N2O/c18-16(13-2-1-3-19-9-13)10-20-17-14-5-11-4-12(7-14)8-15(17)6-11/h1-3,9,11-12,14-17H,4-8,10,18H2. The predicted molar refractivity (Wildman–Crippen MR) is 78.0 cm³/mol. The van der Waals surface area contributed by atoms with Crippen molar-refractivity contribution in [2.45, 2.75) is 44.2 Å². The maximum Gasteiger partial charge on any atom is 0.0663 e. The average Bonchev–Trinajstić information content (AvgIpc) is 2.46. The molecule has 4 aliphatic carbocycles. The number of nitrogens with two attached hydrogens (primary N) is 1. The third-order valence-corrected chi connectivity index (χ3v) is 5.72. The normalized spacial score (nSPS) is 40.0. The minimum Gasteiger partial charge on any atom is -0.376 e. The molecular formula is C17H24N2O. The second-order valence-electron chi connectivity index (χ2n) is 7.12. The monoisotopic (exact) mass is 272 g/mol. The predicted octanol–water partition coefficient (Wildman–Crippen LogP) is 2.92. The summed E-state index contributed by atoms with van der Waals surface area (Å²) in [7, 11) is 0. The Bertz CT molecular complexity index is 433. The van der Waals surface area contributed by atoms with Crippen LogP contribution in [0.5, 0.6) is 0 Å². The zero-order valence-corrected chi connectivity index (χ0v) is 11.9. The summed E-state index contributed by atoms with van der Waals surface area (Å²) in [5, 5.41) is 0. The van der Waals surface area contributed by atoms with Gasteiger partial charge in [-0.3, -0.25) is 4.98 Å². The molecule has 1 unspecified atom stereocenters. The van der Waals surface area contributed by atoms with Crippen LogP contribution in [-0.4, -0.2) is 17.7 Å². The van der Waals surface area contributed by atoms with Gasteiger partial charge >= 0.3 is 0 Å². The van der Waals surface area contributed by atoms with E-state index in [1.54, 1.807) is 6.20 Å². The number of hydrogen-bond donors (Lipinski definition) is 1. The van der Waals surface area contributed by atoms with Gasteiger partial charge in [0.25, 0.3) is 0 Å². The molecule has 0 saturated heterocycles. The molecule has 108 valence electrons. The fraction of sp³-hybridized carbons (Fsp3) is 0.706. The zero-order chi connectivity index (χ0) is 13.5. The van der Waals surface area contributed by atoms with Crippen molar-refractivity contribution in [2.75, 3.05) is 6.61 Å². The van der Waals surface area contributed by atoms with Crippen LogP contribution in [0.4, 0.5) is 0 Å². The molecule has 1 aromatic heterocycles. The van der Waals surface area contributed by atoms with E-state index in [1.807, 2.05) is 18.3 Å². The summed E-state index contributed by atoms with van der Waals surface area (Å²) in [6, 6.07) is 3.94. The van der Waals surface area contributed by atoms with Gasteiger partial charge in [0.15, 0.2) is 0 Å². The van der Waals surface area contributed by atoms with Gasteiger partial charge in [0.05, 0.1) is 18.8 Å². The molecule has 3 nitrogen and oxygen atoms in total. The van der Waals surface area contributed by atoms with Crippen LogP contribution >= 0.6 is 0 Å². The summed E-state index contributed by atoms with van der Waals surface area (Å²) < 4.78 is 6.28. The summed E-state index contributed by atoms with van der Waals surface area (Å²) in [4.78, 5) is 4.14. The van der Waals surface area contributed by atoms with E-state index in [4.69, 9.17) is 10.5 Å². The van der Waals surface area contributed by atoms with Crippen LogP contribution in [0, 0.1) is 23.7 Å². The smallest absolute Gasteiger partial charge is 0.0663 e. The summed E-state index contributed by atoms with van der Waals surface area (Å²) in [6.45, 7) is 0.638. The number of aromatic nitrogens is 1. The van der Waals surface area contributed by atoms with E-state index < -0.39 is 0 Å². The maximum absolute atomic E-state index is 6.28. The molecule has 4 fully saturated rings. The van der Waals surface area contributed by atoms with E-state index in [9.17, 15) is 0 Å². The van der Waals surface area contributed by atoms with Crippen molar-refractivity contribution >= 4 is 0 Å². The third-order valence-electron chi connectivity index (χ3n) is 5.72. The molecule has 3 heteroatoms. The minimum atomic E-state index is -0.0408. The average molecular weight is 272 g/mol. The Labute approximate surface area is 120 Å².